The summed E-state index contributed by atoms with van der Waals surface area (Å²) in [5.74, 6) is 0.472. The third-order valence-electron chi connectivity index (χ3n) is 2.78. The zero-order chi connectivity index (χ0) is 14.4. The van der Waals surface area contributed by atoms with E-state index in [0.29, 0.717) is 17.3 Å². The van der Waals surface area contributed by atoms with E-state index < -0.39 is 0 Å². The minimum Gasteiger partial charge on any atom is -0.484 e. The Bertz CT molecular complexity index is 435. The summed E-state index contributed by atoms with van der Waals surface area (Å²) in [6.07, 6.45) is 0. The van der Waals surface area contributed by atoms with Crippen LogP contribution in [0.3, 0.4) is 0 Å². The minimum absolute atomic E-state index is 0.0372. The molecular formula is C14H20ClNO3. The Balaban J connectivity index is 2.59. The van der Waals surface area contributed by atoms with Gasteiger partial charge >= 0.3 is 0 Å². The molecule has 5 heteroatoms. The molecule has 19 heavy (non-hydrogen) atoms. The van der Waals surface area contributed by atoms with Gasteiger partial charge in [-0.2, -0.15) is 0 Å². The van der Waals surface area contributed by atoms with Gasteiger partial charge in [-0.05, 0) is 44.5 Å². The molecule has 1 aromatic rings. The molecule has 0 spiro atoms. The zero-order valence-corrected chi connectivity index (χ0v) is 12.3. The number of hydrogen-bond acceptors (Lipinski definition) is 3. The number of aryl methyl sites for hydroxylation is 1. The first-order valence-corrected chi connectivity index (χ1v) is 6.62. The smallest absolute Gasteiger partial charge is 0.260 e. The monoisotopic (exact) mass is 285 g/mol. The van der Waals surface area contributed by atoms with Gasteiger partial charge in [0, 0.05) is 17.6 Å². The van der Waals surface area contributed by atoms with Crippen LogP contribution in [-0.4, -0.2) is 41.7 Å². The Labute approximate surface area is 118 Å². The molecule has 0 radical (unpaired) electrons. The Morgan fingerprint density at radius 1 is 1.47 bits per heavy atom. The fraction of sp³-hybridized carbons (Fsp3) is 0.500. The fourth-order valence-electron chi connectivity index (χ4n) is 1.71. The van der Waals surface area contributed by atoms with E-state index in [1.165, 1.54) is 0 Å². The molecule has 0 aliphatic carbocycles. The van der Waals surface area contributed by atoms with Crippen molar-refractivity contribution in [3.8, 4) is 5.75 Å². The molecule has 1 rings (SSSR count). The fourth-order valence-corrected chi connectivity index (χ4v) is 1.83. The molecule has 0 aliphatic heterocycles. The first-order valence-electron chi connectivity index (χ1n) is 6.25. The van der Waals surface area contributed by atoms with Crippen molar-refractivity contribution < 1.29 is 14.6 Å². The van der Waals surface area contributed by atoms with E-state index in [4.69, 9.17) is 21.4 Å². The summed E-state index contributed by atoms with van der Waals surface area (Å²) in [7, 11) is 0. The second-order valence-electron chi connectivity index (χ2n) is 4.60. The van der Waals surface area contributed by atoms with Gasteiger partial charge in [0.2, 0.25) is 0 Å². The van der Waals surface area contributed by atoms with Crippen molar-refractivity contribution in [3.63, 3.8) is 0 Å². The van der Waals surface area contributed by atoms with Gasteiger partial charge in [0.05, 0.1) is 6.61 Å². The molecule has 1 N–H and O–H groups in total. The SMILES string of the molecule is Cc1cc(OCC(=O)N(CCO)C(C)C)ccc1Cl. The molecule has 0 saturated heterocycles. The largest absolute Gasteiger partial charge is 0.484 e. The third kappa shape index (κ3) is 4.73. The molecular weight excluding hydrogens is 266 g/mol. The topological polar surface area (TPSA) is 49.8 Å². The normalized spacial score (nSPS) is 10.6. The van der Waals surface area contributed by atoms with Gasteiger partial charge in [-0.1, -0.05) is 11.6 Å². The van der Waals surface area contributed by atoms with Gasteiger partial charge in [0.15, 0.2) is 6.61 Å². The summed E-state index contributed by atoms with van der Waals surface area (Å²) in [4.78, 5) is 13.5. The number of aliphatic hydroxyl groups excluding tert-OH is 1. The predicted octanol–water partition coefficient (Wildman–Crippen LogP) is 2.26. The van der Waals surface area contributed by atoms with E-state index in [-0.39, 0.29) is 25.2 Å². The average Bonchev–Trinajstić information content (AvgIpc) is 2.36. The van der Waals surface area contributed by atoms with Crippen molar-refractivity contribution in [2.75, 3.05) is 19.8 Å². The lowest BCUT2D eigenvalue weighted by atomic mass is 10.2. The number of carbonyl (C=O) groups excluding carboxylic acids is 1. The highest BCUT2D eigenvalue weighted by molar-refractivity contribution is 6.31. The lowest BCUT2D eigenvalue weighted by Gasteiger charge is -2.25. The molecule has 1 aromatic carbocycles. The maximum absolute atomic E-state index is 12.0. The summed E-state index contributed by atoms with van der Waals surface area (Å²) in [5.41, 5.74) is 0.905. The van der Waals surface area contributed by atoms with Crippen LogP contribution in [0.4, 0.5) is 0 Å². The van der Waals surface area contributed by atoms with Crippen molar-refractivity contribution in [3.05, 3.63) is 28.8 Å². The number of hydrogen-bond donors (Lipinski definition) is 1. The van der Waals surface area contributed by atoms with E-state index in [9.17, 15) is 4.79 Å². The van der Waals surface area contributed by atoms with E-state index >= 15 is 0 Å². The Morgan fingerprint density at radius 3 is 2.68 bits per heavy atom. The number of carbonyl (C=O) groups is 1. The first kappa shape index (κ1) is 15.8. The number of aliphatic hydroxyl groups is 1. The number of rotatable bonds is 6. The molecule has 0 fully saturated rings. The summed E-state index contributed by atoms with van der Waals surface area (Å²) < 4.78 is 5.45. The molecule has 4 nitrogen and oxygen atoms in total. The van der Waals surface area contributed by atoms with Crippen molar-refractivity contribution in [1.29, 1.82) is 0 Å². The summed E-state index contributed by atoms with van der Waals surface area (Å²) >= 11 is 5.92. The molecule has 106 valence electrons. The quantitative estimate of drug-likeness (QED) is 0.872. The highest BCUT2D eigenvalue weighted by Crippen LogP contribution is 2.21. The standard InChI is InChI=1S/C14H20ClNO3/c1-10(2)16(6-7-17)14(18)9-19-12-4-5-13(15)11(3)8-12/h4-5,8,10,17H,6-7,9H2,1-3H3. The molecule has 0 unspecified atom stereocenters. The lowest BCUT2D eigenvalue weighted by Crippen LogP contribution is -2.41. The minimum atomic E-state index is -0.142. The van der Waals surface area contributed by atoms with Crippen molar-refractivity contribution >= 4 is 17.5 Å². The highest BCUT2D eigenvalue weighted by atomic mass is 35.5. The second kappa shape index (κ2) is 7.36. The first-order chi connectivity index (χ1) is 8.95. The maximum Gasteiger partial charge on any atom is 0.260 e. The summed E-state index contributed by atoms with van der Waals surface area (Å²) in [5, 5.41) is 9.61. The molecule has 0 heterocycles. The van der Waals surface area contributed by atoms with Crippen molar-refractivity contribution in [1.82, 2.24) is 4.90 Å². The summed E-state index contributed by atoms with van der Waals surface area (Å²) in [6, 6.07) is 5.30. The van der Waals surface area contributed by atoms with Crippen LogP contribution in [-0.2, 0) is 4.79 Å². The van der Waals surface area contributed by atoms with Crippen LogP contribution in [0.25, 0.3) is 0 Å². The lowest BCUT2D eigenvalue weighted by molar-refractivity contribution is -0.135. The molecule has 0 aliphatic rings. The molecule has 0 bridgehead atoms. The maximum atomic E-state index is 12.0. The zero-order valence-electron chi connectivity index (χ0n) is 11.5. The number of ether oxygens (including phenoxy) is 1. The Morgan fingerprint density at radius 2 is 2.16 bits per heavy atom. The van der Waals surface area contributed by atoms with E-state index in [2.05, 4.69) is 0 Å². The number of benzene rings is 1. The summed E-state index contributed by atoms with van der Waals surface area (Å²) in [6.45, 7) is 5.91. The van der Waals surface area contributed by atoms with Crippen LogP contribution < -0.4 is 4.74 Å². The van der Waals surface area contributed by atoms with E-state index in [0.717, 1.165) is 5.56 Å². The number of halogens is 1. The Kier molecular flexibility index (Phi) is 6.12. The van der Waals surface area contributed by atoms with Gasteiger partial charge in [0.1, 0.15) is 5.75 Å². The molecule has 1 amide bonds. The van der Waals surface area contributed by atoms with Crippen LogP contribution in [0.15, 0.2) is 18.2 Å². The van der Waals surface area contributed by atoms with E-state index in [1.807, 2.05) is 20.8 Å². The van der Waals surface area contributed by atoms with Crippen LogP contribution in [0.5, 0.6) is 5.75 Å². The Hall–Kier alpha value is -1.26. The van der Waals surface area contributed by atoms with Gasteiger partial charge < -0.3 is 14.7 Å². The highest BCUT2D eigenvalue weighted by Gasteiger charge is 2.16. The number of nitrogens with zero attached hydrogens (tertiary/aromatic N) is 1. The van der Waals surface area contributed by atoms with Gasteiger partial charge in [0.25, 0.3) is 5.91 Å². The van der Waals surface area contributed by atoms with Crippen molar-refractivity contribution in [2.45, 2.75) is 26.8 Å². The molecule has 0 aromatic heterocycles. The second-order valence-corrected chi connectivity index (χ2v) is 5.01. The van der Waals surface area contributed by atoms with Crippen LogP contribution in [0, 0.1) is 6.92 Å². The van der Waals surface area contributed by atoms with Gasteiger partial charge in [-0.3, -0.25) is 4.79 Å². The van der Waals surface area contributed by atoms with Gasteiger partial charge in [-0.15, -0.1) is 0 Å². The van der Waals surface area contributed by atoms with Crippen molar-refractivity contribution in [2.24, 2.45) is 0 Å². The van der Waals surface area contributed by atoms with Crippen LogP contribution in [0.2, 0.25) is 5.02 Å². The molecule has 0 atom stereocenters. The van der Waals surface area contributed by atoms with Crippen LogP contribution >= 0.6 is 11.6 Å². The molecule has 0 saturated carbocycles. The van der Waals surface area contributed by atoms with Crippen LogP contribution in [0.1, 0.15) is 19.4 Å². The predicted molar refractivity (Wildman–Crippen MR) is 75.6 cm³/mol. The van der Waals surface area contributed by atoms with Gasteiger partial charge in [-0.25, -0.2) is 0 Å². The third-order valence-corrected chi connectivity index (χ3v) is 3.20. The van der Waals surface area contributed by atoms with E-state index in [1.54, 1.807) is 23.1 Å². The average molecular weight is 286 g/mol. The number of amides is 1.